The maximum absolute atomic E-state index is 12.3. The summed E-state index contributed by atoms with van der Waals surface area (Å²) in [6, 6.07) is 11.0. The van der Waals surface area contributed by atoms with Crippen LogP contribution in [-0.4, -0.2) is 29.0 Å². The van der Waals surface area contributed by atoms with Crippen molar-refractivity contribution < 1.29 is 13.9 Å². The van der Waals surface area contributed by atoms with E-state index in [1.807, 2.05) is 31.2 Å². The zero-order chi connectivity index (χ0) is 19.4. The molecule has 1 N–H and O–H groups in total. The van der Waals surface area contributed by atoms with Gasteiger partial charge in [-0.05, 0) is 36.8 Å². The first-order valence-corrected chi connectivity index (χ1v) is 9.98. The standard InChI is InChI=1S/C18H15BrClN3O3S/c1-10-6-14(15(25-2)8-13(10)20)21-16(24)9-27-18-23-22-17(26-18)11-4-3-5-12(19)7-11/h3-8H,9H2,1-2H3,(H,21,24). The Kier molecular flexibility index (Phi) is 6.41. The van der Waals surface area contributed by atoms with E-state index in [1.54, 1.807) is 12.1 Å². The smallest absolute Gasteiger partial charge is 0.277 e. The number of hydrogen-bond acceptors (Lipinski definition) is 6. The molecule has 3 rings (SSSR count). The van der Waals surface area contributed by atoms with Crippen molar-refractivity contribution in [3.63, 3.8) is 0 Å². The average Bonchev–Trinajstić information content (AvgIpc) is 3.12. The number of thioether (sulfide) groups is 1. The van der Waals surface area contributed by atoms with Crippen molar-refractivity contribution in [1.82, 2.24) is 10.2 Å². The highest BCUT2D eigenvalue weighted by Crippen LogP contribution is 2.31. The van der Waals surface area contributed by atoms with E-state index in [4.69, 9.17) is 20.8 Å². The molecular weight excluding hydrogens is 454 g/mol. The van der Waals surface area contributed by atoms with Crippen molar-refractivity contribution in [3.8, 4) is 17.2 Å². The number of benzene rings is 2. The molecule has 0 saturated heterocycles. The largest absolute Gasteiger partial charge is 0.495 e. The lowest BCUT2D eigenvalue weighted by atomic mass is 10.2. The number of amides is 1. The van der Waals surface area contributed by atoms with E-state index in [1.165, 1.54) is 7.11 Å². The quantitative estimate of drug-likeness (QED) is 0.501. The lowest BCUT2D eigenvalue weighted by Gasteiger charge is -2.11. The van der Waals surface area contributed by atoms with Crippen molar-refractivity contribution in [1.29, 1.82) is 0 Å². The number of anilines is 1. The zero-order valence-electron chi connectivity index (χ0n) is 14.5. The number of aromatic nitrogens is 2. The van der Waals surface area contributed by atoms with Gasteiger partial charge in [0, 0.05) is 21.1 Å². The molecule has 0 fully saturated rings. The maximum atomic E-state index is 12.3. The van der Waals surface area contributed by atoms with Gasteiger partial charge in [0.2, 0.25) is 11.8 Å². The highest BCUT2D eigenvalue weighted by molar-refractivity contribution is 9.10. The molecule has 0 spiro atoms. The van der Waals surface area contributed by atoms with Crippen molar-refractivity contribution in [2.45, 2.75) is 12.1 Å². The molecule has 0 unspecified atom stereocenters. The predicted molar refractivity (Wildman–Crippen MR) is 110 cm³/mol. The van der Waals surface area contributed by atoms with E-state index < -0.39 is 0 Å². The number of nitrogens with zero attached hydrogens (tertiary/aromatic N) is 2. The third-order valence-corrected chi connectivity index (χ3v) is 5.28. The number of methoxy groups -OCH3 is 1. The van der Waals surface area contributed by atoms with Gasteiger partial charge in [0.1, 0.15) is 5.75 Å². The van der Waals surface area contributed by atoms with Crippen LogP contribution in [-0.2, 0) is 4.79 Å². The lowest BCUT2D eigenvalue weighted by molar-refractivity contribution is -0.113. The summed E-state index contributed by atoms with van der Waals surface area (Å²) in [7, 11) is 1.52. The molecule has 0 aliphatic rings. The molecular formula is C18H15BrClN3O3S. The Morgan fingerprint density at radius 1 is 1.33 bits per heavy atom. The van der Waals surface area contributed by atoms with E-state index in [9.17, 15) is 4.79 Å². The molecule has 1 heterocycles. The average molecular weight is 469 g/mol. The van der Waals surface area contributed by atoms with Gasteiger partial charge in [-0.3, -0.25) is 4.79 Å². The highest BCUT2D eigenvalue weighted by Gasteiger charge is 2.14. The molecule has 140 valence electrons. The third-order valence-electron chi connectivity index (χ3n) is 3.56. The Balaban J connectivity index is 1.63. The minimum Gasteiger partial charge on any atom is -0.495 e. The molecule has 9 heteroatoms. The van der Waals surface area contributed by atoms with Gasteiger partial charge in [-0.25, -0.2) is 0 Å². The molecule has 1 amide bonds. The van der Waals surface area contributed by atoms with Crippen molar-refractivity contribution in [3.05, 3.63) is 51.5 Å². The number of rotatable bonds is 6. The second kappa shape index (κ2) is 8.77. The molecule has 1 aromatic heterocycles. The van der Waals surface area contributed by atoms with Crippen LogP contribution in [0.1, 0.15) is 5.56 Å². The Labute approximate surface area is 173 Å². The van der Waals surface area contributed by atoms with Gasteiger partial charge in [0.25, 0.3) is 5.22 Å². The van der Waals surface area contributed by atoms with E-state index in [2.05, 4.69) is 31.4 Å². The van der Waals surface area contributed by atoms with Crippen LogP contribution in [0.25, 0.3) is 11.5 Å². The fraction of sp³-hybridized carbons (Fsp3) is 0.167. The number of carbonyl (C=O) groups excluding carboxylic acids is 1. The number of hydrogen-bond donors (Lipinski definition) is 1. The Hall–Kier alpha value is -2.03. The highest BCUT2D eigenvalue weighted by atomic mass is 79.9. The first kappa shape index (κ1) is 19.7. The zero-order valence-corrected chi connectivity index (χ0v) is 17.6. The van der Waals surface area contributed by atoms with Gasteiger partial charge in [-0.2, -0.15) is 0 Å². The van der Waals surface area contributed by atoms with Crippen molar-refractivity contribution in [2.24, 2.45) is 0 Å². The summed E-state index contributed by atoms with van der Waals surface area (Å²) in [4.78, 5) is 12.3. The summed E-state index contributed by atoms with van der Waals surface area (Å²) >= 11 is 10.6. The van der Waals surface area contributed by atoms with Gasteiger partial charge in [0.05, 0.1) is 18.6 Å². The number of aryl methyl sites for hydroxylation is 1. The predicted octanol–water partition coefficient (Wildman–Crippen LogP) is 5.20. The SMILES string of the molecule is COc1cc(Cl)c(C)cc1NC(=O)CSc1nnc(-c2cccc(Br)c2)o1. The molecule has 0 atom stereocenters. The van der Waals surface area contributed by atoms with E-state index in [-0.39, 0.29) is 11.7 Å². The Morgan fingerprint density at radius 2 is 2.15 bits per heavy atom. The van der Waals surface area contributed by atoms with Crippen LogP contribution in [0, 0.1) is 6.92 Å². The van der Waals surface area contributed by atoms with Crippen molar-refractivity contribution in [2.75, 3.05) is 18.2 Å². The van der Waals surface area contributed by atoms with Crippen LogP contribution in [0.15, 0.2) is 50.5 Å². The summed E-state index contributed by atoms with van der Waals surface area (Å²) in [5, 5.41) is 11.7. The minimum atomic E-state index is -0.220. The molecule has 0 radical (unpaired) electrons. The Bertz CT molecular complexity index is 980. The van der Waals surface area contributed by atoms with Gasteiger partial charge in [-0.1, -0.05) is 45.4 Å². The van der Waals surface area contributed by atoms with Gasteiger partial charge in [0.15, 0.2) is 0 Å². The van der Waals surface area contributed by atoms with Crippen LogP contribution in [0.5, 0.6) is 5.75 Å². The Morgan fingerprint density at radius 3 is 2.89 bits per heavy atom. The lowest BCUT2D eigenvalue weighted by Crippen LogP contribution is -2.15. The van der Waals surface area contributed by atoms with E-state index >= 15 is 0 Å². The number of carbonyl (C=O) groups is 1. The van der Waals surface area contributed by atoms with Gasteiger partial charge in [-0.15, -0.1) is 10.2 Å². The molecule has 0 aliphatic carbocycles. The second-order valence-electron chi connectivity index (χ2n) is 5.52. The fourth-order valence-corrected chi connectivity index (χ4v) is 3.37. The molecule has 0 bridgehead atoms. The molecule has 27 heavy (non-hydrogen) atoms. The van der Waals surface area contributed by atoms with Crippen LogP contribution < -0.4 is 10.1 Å². The van der Waals surface area contributed by atoms with Crippen LogP contribution in [0.4, 0.5) is 5.69 Å². The van der Waals surface area contributed by atoms with Gasteiger partial charge >= 0.3 is 0 Å². The first-order valence-electron chi connectivity index (χ1n) is 7.82. The van der Waals surface area contributed by atoms with Crippen LogP contribution >= 0.6 is 39.3 Å². The van der Waals surface area contributed by atoms with E-state index in [0.29, 0.717) is 27.6 Å². The fourth-order valence-electron chi connectivity index (χ4n) is 2.25. The molecule has 2 aromatic carbocycles. The second-order valence-corrected chi connectivity index (χ2v) is 7.77. The first-order chi connectivity index (χ1) is 13.0. The van der Waals surface area contributed by atoms with Crippen molar-refractivity contribution >= 4 is 50.9 Å². The molecule has 6 nitrogen and oxygen atoms in total. The summed E-state index contributed by atoms with van der Waals surface area (Å²) in [6.07, 6.45) is 0. The summed E-state index contributed by atoms with van der Waals surface area (Å²) in [6.45, 7) is 1.86. The topological polar surface area (TPSA) is 77.2 Å². The monoisotopic (exact) mass is 467 g/mol. The normalized spacial score (nSPS) is 10.7. The molecule has 0 saturated carbocycles. The molecule has 3 aromatic rings. The van der Waals surface area contributed by atoms with Crippen LogP contribution in [0.3, 0.4) is 0 Å². The summed E-state index contributed by atoms with van der Waals surface area (Å²) < 4.78 is 11.8. The summed E-state index contributed by atoms with van der Waals surface area (Å²) in [5.74, 6) is 0.792. The van der Waals surface area contributed by atoms with Gasteiger partial charge < -0.3 is 14.5 Å². The van der Waals surface area contributed by atoms with Crippen LogP contribution in [0.2, 0.25) is 5.02 Å². The number of halogens is 2. The summed E-state index contributed by atoms with van der Waals surface area (Å²) in [5.41, 5.74) is 2.20. The minimum absolute atomic E-state index is 0.116. The third kappa shape index (κ3) is 5.03. The van der Waals surface area contributed by atoms with E-state index in [0.717, 1.165) is 27.4 Å². The maximum Gasteiger partial charge on any atom is 0.277 e. The number of ether oxygens (including phenoxy) is 1. The molecule has 0 aliphatic heterocycles. The number of nitrogens with one attached hydrogen (secondary N) is 1.